The highest BCUT2D eigenvalue weighted by molar-refractivity contribution is 5.78. The molecule has 0 aliphatic carbocycles. The molecule has 5 nitrogen and oxygen atoms in total. The minimum absolute atomic E-state index is 0.187. The number of benzene rings is 1. The molecule has 0 saturated heterocycles. The van der Waals surface area contributed by atoms with Crippen LogP contribution in [0.1, 0.15) is 17.1 Å². The van der Waals surface area contributed by atoms with E-state index in [0.29, 0.717) is 17.2 Å². The summed E-state index contributed by atoms with van der Waals surface area (Å²) in [5.74, 6) is 1.24. The Hall–Kier alpha value is -3.18. The smallest absolute Gasteiger partial charge is 0.140 e. The van der Waals surface area contributed by atoms with Gasteiger partial charge in [0.2, 0.25) is 0 Å². The number of imidazole rings is 1. The van der Waals surface area contributed by atoms with Crippen molar-refractivity contribution in [2.75, 3.05) is 0 Å². The number of fused-ring (bicyclic) bond motifs is 1. The molecule has 2 heterocycles. The molecule has 0 aliphatic rings. The van der Waals surface area contributed by atoms with Crippen molar-refractivity contribution in [2.24, 2.45) is 0 Å². The molecule has 21 heavy (non-hydrogen) atoms. The van der Waals surface area contributed by atoms with Crippen molar-refractivity contribution in [1.82, 2.24) is 14.5 Å². The lowest BCUT2D eigenvalue weighted by molar-refractivity contribution is 0.913. The van der Waals surface area contributed by atoms with Crippen molar-refractivity contribution < 1.29 is 0 Å². The number of nitrogens with zero attached hydrogens (tertiary/aromatic N) is 5. The van der Waals surface area contributed by atoms with Crippen LogP contribution in [0, 0.1) is 29.6 Å². The molecule has 3 aromatic rings. The van der Waals surface area contributed by atoms with Gasteiger partial charge >= 0.3 is 0 Å². The van der Waals surface area contributed by atoms with E-state index in [1.54, 1.807) is 12.1 Å². The third kappa shape index (κ3) is 2.22. The number of aryl methyl sites for hydroxylation is 1. The van der Waals surface area contributed by atoms with Gasteiger partial charge in [-0.25, -0.2) is 9.97 Å². The Morgan fingerprint density at radius 3 is 2.71 bits per heavy atom. The molecule has 0 saturated carbocycles. The number of para-hydroxylation sites is 2. The van der Waals surface area contributed by atoms with Crippen molar-refractivity contribution in [2.45, 2.75) is 13.3 Å². The number of hydrogen-bond acceptors (Lipinski definition) is 4. The third-order valence-corrected chi connectivity index (χ3v) is 3.17. The highest BCUT2D eigenvalue weighted by Gasteiger charge is 2.13. The lowest BCUT2D eigenvalue weighted by Crippen LogP contribution is -2.04. The van der Waals surface area contributed by atoms with Crippen LogP contribution in [0.25, 0.3) is 16.9 Å². The van der Waals surface area contributed by atoms with Crippen molar-refractivity contribution in [3.8, 4) is 18.0 Å². The van der Waals surface area contributed by atoms with E-state index in [0.717, 1.165) is 16.7 Å². The molecule has 100 valence electrons. The maximum Gasteiger partial charge on any atom is 0.140 e. The molecule has 0 N–H and O–H groups in total. The normalized spacial score (nSPS) is 10.2. The van der Waals surface area contributed by atoms with Crippen molar-refractivity contribution in [3.05, 3.63) is 53.5 Å². The second-order valence-corrected chi connectivity index (χ2v) is 4.65. The lowest BCUT2D eigenvalue weighted by atomic mass is 10.2. The fourth-order valence-electron chi connectivity index (χ4n) is 2.35. The Balaban J connectivity index is 2.33. The van der Waals surface area contributed by atoms with Crippen molar-refractivity contribution >= 4 is 11.0 Å². The minimum atomic E-state index is 0.187. The van der Waals surface area contributed by atoms with Crippen molar-refractivity contribution in [1.29, 1.82) is 10.5 Å². The number of nitriles is 2. The van der Waals surface area contributed by atoms with Gasteiger partial charge in [-0.2, -0.15) is 10.5 Å². The maximum atomic E-state index is 9.11. The largest absolute Gasteiger partial charge is 0.279 e. The fourth-order valence-corrected chi connectivity index (χ4v) is 2.35. The SMILES string of the molecule is Cc1cc(C#N)cc(-n2c(CC#N)nc3ccccc32)n1. The van der Waals surface area contributed by atoms with Gasteiger partial charge in [0, 0.05) is 5.69 Å². The molecule has 0 amide bonds. The summed E-state index contributed by atoms with van der Waals surface area (Å²) in [7, 11) is 0. The van der Waals surface area contributed by atoms with Gasteiger partial charge in [0.15, 0.2) is 0 Å². The van der Waals surface area contributed by atoms with Gasteiger partial charge in [-0.1, -0.05) is 12.1 Å². The van der Waals surface area contributed by atoms with E-state index >= 15 is 0 Å². The van der Waals surface area contributed by atoms with Crippen LogP contribution in [0.5, 0.6) is 0 Å². The second kappa shape index (κ2) is 5.07. The standard InChI is InChI=1S/C16H11N5/c1-11-8-12(10-18)9-16(19-11)21-14-5-3-2-4-13(14)20-15(21)6-7-17/h2-5,8-9H,6H2,1H3. The zero-order valence-corrected chi connectivity index (χ0v) is 11.4. The Kier molecular flexibility index (Phi) is 3.10. The number of aromatic nitrogens is 3. The number of hydrogen-bond donors (Lipinski definition) is 0. The van der Waals surface area contributed by atoms with Gasteiger partial charge in [-0.3, -0.25) is 4.57 Å². The molecule has 0 bridgehead atoms. The van der Waals surface area contributed by atoms with Gasteiger partial charge in [-0.15, -0.1) is 0 Å². The van der Waals surface area contributed by atoms with Gasteiger partial charge < -0.3 is 0 Å². The Labute approximate surface area is 121 Å². The summed E-state index contributed by atoms with van der Waals surface area (Å²) in [6, 6.07) is 15.3. The molecule has 0 unspecified atom stereocenters. The Morgan fingerprint density at radius 2 is 1.95 bits per heavy atom. The van der Waals surface area contributed by atoms with Crippen LogP contribution in [0.15, 0.2) is 36.4 Å². The van der Waals surface area contributed by atoms with Crippen LogP contribution in [0.3, 0.4) is 0 Å². The molecule has 0 aliphatic heterocycles. The van der Waals surface area contributed by atoms with Crippen LogP contribution in [-0.2, 0) is 6.42 Å². The van der Waals surface area contributed by atoms with E-state index in [-0.39, 0.29) is 6.42 Å². The molecular formula is C16H11N5. The van der Waals surface area contributed by atoms with Gasteiger partial charge in [-0.05, 0) is 31.2 Å². The van der Waals surface area contributed by atoms with Crippen LogP contribution in [0.2, 0.25) is 0 Å². The first-order valence-corrected chi connectivity index (χ1v) is 6.45. The van der Waals surface area contributed by atoms with E-state index in [1.165, 1.54) is 0 Å². The molecular weight excluding hydrogens is 262 g/mol. The second-order valence-electron chi connectivity index (χ2n) is 4.65. The van der Waals surface area contributed by atoms with E-state index in [9.17, 15) is 0 Å². The molecule has 0 fully saturated rings. The van der Waals surface area contributed by atoms with Crippen LogP contribution in [0.4, 0.5) is 0 Å². The van der Waals surface area contributed by atoms with E-state index in [1.807, 2.05) is 35.8 Å². The van der Waals surface area contributed by atoms with E-state index < -0.39 is 0 Å². The summed E-state index contributed by atoms with van der Waals surface area (Å²) in [4.78, 5) is 8.96. The van der Waals surface area contributed by atoms with Crippen molar-refractivity contribution in [3.63, 3.8) is 0 Å². The fraction of sp³-hybridized carbons (Fsp3) is 0.125. The van der Waals surface area contributed by atoms with Crippen LogP contribution < -0.4 is 0 Å². The Bertz CT molecular complexity index is 909. The summed E-state index contributed by atoms with van der Waals surface area (Å²) in [6.07, 6.45) is 0.187. The molecule has 1 aromatic carbocycles. The minimum Gasteiger partial charge on any atom is -0.279 e. The van der Waals surface area contributed by atoms with E-state index in [2.05, 4.69) is 22.1 Å². The lowest BCUT2D eigenvalue weighted by Gasteiger charge is -2.08. The molecule has 0 atom stereocenters. The average molecular weight is 273 g/mol. The molecule has 0 radical (unpaired) electrons. The van der Waals surface area contributed by atoms with Gasteiger partial charge in [0.05, 0.1) is 35.2 Å². The quantitative estimate of drug-likeness (QED) is 0.719. The molecule has 5 heteroatoms. The van der Waals surface area contributed by atoms with Gasteiger partial charge in [0.25, 0.3) is 0 Å². The highest BCUT2D eigenvalue weighted by atomic mass is 15.1. The first kappa shape index (κ1) is 12.8. The zero-order valence-electron chi connectivity index (χ0n) is 11.4. The zero-order chi connectivity index (χ0) is 14.8. The molecule has 0 spiro atoms. The monoisotopic (exact) mass is 273 g/mol. The number of pyridine rings is 1. The van der Waals surface area contributed by atoms with Crippen LogP contribution in [-0.4, -0.2) is 14.5 Å². The molecule has 3 rings (SSSR count). The summed E-state index contributed by atoms with van der Waals surface area (Å²) in [5, 5.41) is 18.1. The van der Waals surface area contributed by atoms with E-state index in [4.69, 9.17) is 10.5 Å². The topological polar surface area (TPSA) is 78.3 Å². The number of rotatable bonds is 2. The summed E-state index contributed by atoms with van der Waals surface area (Å²) in [5.41, 5.74) is 2.98. The Morgan fingerprint density at radius 1 is 1.14 bits per heavy atom. The summed E-state index contributed by atoms with van der Waals surface area (Å²) in [6.45, 7) is 1.84. The molecule has 2 aromatic heterocycles. The first-order valence-electron chi connectivity index (χ1n) is 6.45. The average Bonchev–Trinajstić information content (AvgIpc) is 2.85. The van der Waals surface area contributed by atoms with Gasteiger partial charge in [0.1, 0.15) is 11.6 Å². The summed E-state index contributed by atoms with van der Waals surface area (Å²) >= 11 is 0. The first-order chi connectivity index (χ1) is 10.2. The summed E-state index contributed by atoms with van der Waals surface area (Å²) < 4.78 is 1.84. The predicted molar refractivity (Wildman–Crippen MR) is 77.6 cm³/mol. The maximum absolute atomic E-state index is 9.11. The predicted octanol–water partition coefficient (Wildman–Crippen LogP) is 2.67. The van der Waals surface area contributed by atoms with Crippen LogP contribution >= 0.6 is 0 Å². The highest BCUT2D eigenvalue weighted by Crippen LogP contribution is 2.21. The third-order valence-electron chi connectivity index (χ3n) is 3.17.